The number of carbonyl (C=O) groups excluding carboxylic acids is 4. The Morgan fingerprint density at radius 1 is 0.662 bits per heavy atom. The van der Waals surface area contributed by atoms with Crippen molar-refractivity contribution < 1.29 is 19.2 Å². The second-order valence-corrected chi connectivity index (χ2v) is 20.8. The van der Waals surface area contributed by atoms with Crippen LogP contribution in [0.5, 0.6) is 0 Å². The van der Waals surface area contributed by atoms with Crippen LogP contribution in [0.4, 0.5) is 0 Å². The Balaban J connectivity index is 0.000000235. The normalized spacial score (nSPS) is 19.5. The lowest BCUT2D eigenvalue weighted by Gasteiger charge is -2.31. The molecule has 7 rings (SSSR count). The van der Waals surface area contributed by atoms with Crippen molar-refractivity contribution in [2.75, 3.05) is 45.8 Å². The standard InChI is InChI=1S/C31H39ClN4O2.C25H32Cl2N4O2/c1-4-21(22-8-6-5-7-9-22)20-36-15-14-27(35-28(30(36)38)18-31(2,3)33)19-34-29(37)25-11-10-24-17-26(32)13-12-23(24)16-25;1-2-17(18-6-4-3-5-7-18)16-31-13-11-20(30-23(10-12-28)25(31)33)15-29-24(32)19-8-9-21(26)22(27)14-19/h5-13,16-17,21,27-28,35H,4,14-15,18-20,33H2,1-3H3,(H,34,37);3-9,14,17,20,23,30H,2,10-13,15-16,28H2,1H3,(H,29,32)/t21?,27-,28-;17?,20-,23-/m10/s1. The van der Waals surface area contributed by atoms with Gasteiger partial charge in [0.1, 0.15) is 0 Å². The van der Waals surface area contributed by atoms with Gasteiger partial charge in [-0.25, -0.2) is 0 Å². The molecule has 0 aliphatic carbocycles. The number of rotatable bonds is 18. The van der Waals surface area contributed by atoms with E-state index in [1.54, 1.807) is 18.2 Å². The third-order valence-corrected chi connectivity index (χ3v) is 14.4. The van der Waals surface area contributed by atoms with E-state index in [1.165, 1.54) is 11.1 Å². The highest BCUT2D eigenvalue weighted by molar-refractivity contribution is 6.42. The highest BCUT2D eigenvalue weighted by Gasteiger charge is 2.35. The first-order chi connectivity index (χ1) is 34.0. The van der Waals surface area contributed by atoms with E-state index >= 15 is 0 Å². The second-order valence-electron chi connectivity index (χ2n) is 19.5. The molecule has 4 amide bonds. The molecule has 2 unspecified atom stereocenters. The van der Waals surface area contributed by atoms with Crippen molar-refractivity contribution in [3.8, 4) is 0 Å². The van der Waals surface area contributed by atoms with Crippen LogP contribution in [0.1, 0.15) is 110 Å². The zero-order chi connectivity index (χ0) is 51.1. The third kappa shape index (κ3) is 16.2. The van der Waals surface area contributed by atoms with Gasteiger partial charge < -0.3 is 42.5 Å². The summed E-state index contributed by atoms with van der Waals surface area (Å²) in [6.45, 7) is 12.0. The highest BCUT2D eigenvalue weighted by Crippen LogP contribution is 2.27. The van der Waals surface area contributed by atoms with E-state index in [1.807, 2.05) is 96.4 Å². The molecule has 6 atom stereocenters. The molecule has 0 aromatic heterocycles. The minimum absolute atomic E-state index is 0.0426. The average Bonchev–Trinajstić information content (AvgIpc) is 3.60. The minimum Gasteiger partial charge on any atom is -0.350 e. The Morgan fingerprint density at radius 3 is 1.65 bits per heavy atom. The maximum Gasteiger partial charge on any atom is 0.251 e. The van der Waals surface area contributed by atoms with E-state index in [0.717, 1.165) is 36.5 Å². The van der Waals surface area contributed by atoms with Gasteiger partial charge in [-0.05, 0) is 123 Å². The summed E-state index contributed by atoms with van der Waals surface area (Å²) < 4.78 is 0. The van der Waals surface area contributed by atoms with Gasteiger partial charge in [0, 0.05) is 84.9 Å². The summed E-state index contributed by atoms with van der Waals surface area (Å²) in [6.07, 6.45) is 4.45. The van der Waals surface area contributed by atoms with Gasteiger partial charge in [0.15, 0.2) is 0 Å². The number of amides is 4. The van der Waals surface area contributed by atoms with Gasteiger partial charge in [-0.1, -0.05) is 121 Å². The number of nitrogens with two attached hydrogens (primary N) is 2. The molecule has 0 radical (unpaired) electrons. The Bertz CT molecular complexity index is 2550. The number of halogens is 3. The van der Waals surface area contributed by atoms with E-state index in [9.17, 15) is 19.2 Å². The van der Waals surface area contributed by atoms with Crippen LogP contribution in [0.15, 0.2) is 115 Å². The quantitative estimate of drug-likeness (QED) is 0.0505. The molecule has 2 heterocycles. The fraction of sp³-hybridized carbons (Fsp3) is 0.429. The molecule has 15 heteroatoms. The predicted molar refractivity (Wildman–Crippen MR) is 289 cm³/mol. The summed E-state index contributed by atoms with van der Waals surface area (Å²) in [7, 11) is 0. The van der Waals surface area contributed by atoms with E-state index in [2.05, 4.69) is 59.4 Å². The number of hydrogen-bond acceptors (Lipinski definition) is 8. The van der Waals surface area contributed by atoms with Crippen LogP contribution < -0.4 is 32.7 Å². The van der Waals surface area contributed by atoms with Gasteiger partial charge in [0.25, 0.3) is 11.8 Å². The average molecular weight is 1030 g/mol. The second kappa shape index (κ2) is 26.6. The zero-order valence-electron chi connectivity index (χ0n) is 41.4. The largest absolute Gasteiger partial charge is 0.350 e. The van der Waals surface area contributed by atoms with Crippen molar-refractivity contribution >= 4 is 69.2 Å². The van der Waals surface area contributed by atoms with Crippen LogP contribution in [0.3, 0.4) is 0 Å². The highest BCUT2D eigenvalue weighted by atomic mass is 35.5. The molecule has 0 saturated carbocycles. The monoisotopic (exact) mass is 1020 g/mol. The Hall–Kier alpha value is -5.05. The molecule has 2 fully saturated rings. The first-order valence-electron chi connectivity index (χ1n) is 24.9. The van der Waals surface area contributed by atoms with Crippen molar-refractivity contribution in [1.82, 2.24) is 31.1 Å². The lowest BCUT2D eigenvalue weighted by molar-refractivity contribution is -0.134. The van der Waals surface area contributed by atoms with E-state index in [4.69, 9.17) is 46.3 Å². The fourth-order valence-corrected chi connectivity index (χ4v) is 9.93. The van der Waals surface area contributed by atoms with Gasteiger partial charge in [0.05, 0.1) is 22.1 Å². The summed E-state index contributed by atoms with van der Waals surface area (Å²) in [5.41, 5.74) is 15.2. The summed E-state index contributed by atoms with van der Waals surface area (Å²) in [6, 6.07) is 35.9. The summed E-state index contributed by atoms with van der Waals surface area (Å²) in [4.78, 5) is 56.5. The first-order valence-corrected chi connectivity index (χ1v) is 26.1. The summed E-state index contributed by atoms with van der Waals surface area (Å²) in [5, 5.41) is 16.3. The van der Waals surface area contributed by atoms with Gasteiger partial charge in [0.2, 0.25) is 11.8 Å². The lowest BCUT2D eigenvalue weighted by atomic mass is 9.94. The molecule has 2 aliphatic heterocycles. The smallest absolute Gasteiger partial charge is 0.251 e. The minimum atomic E-state index is -0.505. The molecule has 5 aromatic carbocycles. The zero-order valence-corrected chi connectivity index (χ0v) is 43.7. The number of carbonyl (C=O) groups is 4. The van der Waals surface area contributed by atoms with Gasteiger partial charge in [-0.15, -0.1) is 0 Å². The molecular weight excluding hydrogens is 955 g/mol. The van der Waals surface area contributed by atoms with E-state index in [0.29, 0.717) is 84.8 Å². The van der Waals surface area contributed by atoms with Crippen LogP contribution in [0.2, 0.25) is 15.1 Å². The fourth-order valence-electron chi connectivity index (χ4n) is 9.45. The van der Waals surface area contributed by atoms with E-state index in [-0.39, 0.29) is 53.6 Å². The lowest BCUT2D eigenvalue weighted by Crippen LogP contribution is -2.53. The van der Waals surface area contributed by atoms with Crippen molar-refractivity contribution in [3.63, 3.8) is 0 Å². The Morgan fingerprint density at radius 2 is 1.14 bits per heavy atom. The van der Waals surface area contributed by atoms with Crippen LogP contribution in [0, 0.1) is 0 Å². The number of benzene rings is 5. The number of hydrogen-bond donors (Lipinski definition) is 6. The number of nitrogens with zero attached hydrogens (tertiary/aromatic N) is 2. The molecule has 5 aromatic rings. The molecular formula is C56H71Cl3N8O4. The molecule has 12 nitrogen and oxygen atoms in total. The summed E-state index contributed by atoms with van der Waals surface area (Å²) >= 11 is 18.1. The van der Waals surface area contributed by atoms with Gasteiger partial charge in [-0.3, -0.25) is 19.2 Å². The molecule has 380 valence electrons. The third-order valence-electron chi connectivity index (χ3n) is 13.4. The first kappa shape index (κ1) is 55.3. The van der Waals surface area contributed by atoms with Crippen LogP contribution in [-0.4, -0.2) is 109 Å². The van der Waals surface area contributed by atoms with Gasteiger partial charge in [-0.2, -0.15) is 0 Å². The van der Waals surface area contributed by atoms with Crippen molar-refractivity contribution in [2.24, 2.45) is 11.5 Å². The van der Waals surface area contributed by atoms with Crippen molar-refractivity contribution in [1.29, 1.82) is 0 Å². The molecule has 0 bridgehead atoms. The van der Waals surface area contributed by atoms with Crippen molar-refractivity contribution in [3.05, 3.63) is 153 Å². The maximum atomic E-state index is 13.7. The van der Waals surface area contributed by atoms with Crippen molar-refractivity contribution in [2.45, 2.75) is 108 Å². The van der Waals surface area contributed by atoms with Crippen LogP contribution >= 0.6 is 34.8 Å². The molecule has 0 spiro atoms. The number of fused-ring (bicyclic) bond motifs is 1. The maximum absolute atomic E-state index is 13.7. The Kier molecular flexibility index (Phi) is 20.7. The van der Waals surface area contributed by atoms with Gasteiger partial charge >= 0.3 is 0 Å². The molecule has 2 aliphatic rings. The SMILES string of the molecule is CCC(CN1CC[C@@H](CNC(=O)c2ccc(Cl)c(Cl)c2)N[C@@H](CCN)C1=O)c1ccccc1.CCC(CN1CC[C@H](CNC(=O)c2ccc3cc(Cl)ccc3c2)N[C@H](CC(C)(C)N)C1=O)c1ccccc1. The topological polar surface area (TPSA) is 175 Å². The molecule has 8 N–H and O–H groups in total. The van der Waals surface area contributed by atoms with E-state index < -0.39 is 11.6 Å². The predicted octanol–water partition coefficient (Wildman–Crippen LogP) is 8.93. The van der Waals surface area contributed by atoms with Crippen LogP contribution in [0.25, 0.3) is 10.8 Å². The number of nitrogens with one attached hydrogen (secondary N) is 4. The van der Waals surface area contributed by atoms with Crippen LogP contribution in [-0.2, 0) is 9.59 Å². The molecule has 2 saturated heterocycles. The Labute approximate surface area is 434 Å². The summed E-state index contributed by atoms with van der Waals surface area (Å²) in [5.74, 6) is 0.341. The molecule has 71 heavy (non-hydrogen) atoms.